The molecule has 114 valence electrons. The van der Waals surface area contributed by atoms with Gasteiger partial charge in [-0.15, -0.1) is 0 Å². The summed E-state index contributed by atoms with van der Waals surface area (Å²) in [5.74, 6) is 0.990. The van der Waals surface area contributed by atoms with E-state index in [1.165, 1.54) is 5.56 Å². The zero-order chi connectivity index (χ0) is 15.2. The van der Waals surface area contributed by atoms with E-state index in [1.54, 1.807) is 0 Å². The third-order valence-corrected chi connectivity index (χ3v) is 4.57. The Morgan fingerprint density at radius 1 is 1.38 bits per heavy atom. The lowest BCUT2D eigenvalue weighted by Crippen LogP contribution is -2.42. The van der Waals surface area contributed by atoms with Gasteiger partial charge in [0.05, 0.1) is 0 Å². The van der Waals surface area contributed by atoms with Gasteiger partial charge in [0.15, 0.2) is 0 Å². The fourth-order valence-electron chi connectivity index (χ4n) is 3.51. The molecule has 5 heteroatoms. The highest BCUT2D eigenvalue weighted by Gasteiger charge is 2.47. The number of hydrogen-bond donors (Lipinski definition) is 0. The molecule has 2 fully saturated rings. The fraction of sp³-hybridized carbons (Fsp3) is 0.625. The predicted octanol–water partition coefficient (Wildman–Crippen LogP) is 3.85. The molecule has 1 aliphatic heterocycles. The van der Waals surface area contributed by atoms with E-state index in [2.05, 4.69) is 11.1 Å². The Bertz CT molecular complexity index is 538. The van der Waals surface area contributed by atoms with E-state index in [0.717, 1.165) is 19.4 Å². The molecule has 1 aromatic rings. The summed E-state index contributed by atoms with van der Waals surface area (Å²) in [6.07, 6.45) is 3.74. The molecule has 1 aromatic heterocycles. The largest absolute Gasteiger partial charge is 0.444 e. The van der Waals surface area contributed by atoms with E-state index >= 15 is 0 Å². The maximum atomic E-state index is 12.2. The van der Waals surface area contributed by atoms with Crippen molar-refractivity contribution in [3.63, 3.8) is 0 Å². The van der Waals surface area contributed by atoms with E-state index < -0.39 is 5.60 Å². The minimum absolute atomic E-state index is 0.178. The van der Waals surface area contributed by atoms with Crippen molar-refractivity contribution in [3.05, 3.63) is 29.0 Å². The number of rotatable bonds is 1. The number of halogens is 1. The van der Waals surface area contributed by atoms with Gasteiger partial charge < -0.3 is 9.64 Å². The van der Waals surface area contributed by atoms with Crippen LogP contribution in [0.15, 0.2) is 18.3 Å². The van der Waals surface area contributed by atoms with Crippen LogP contribution in [-0.4, -0.2) is 34.2 Å². The summed E-state index contributed by atoms with van der Waals surface area (Å²) in [6, 6.07) is 4.19. The second kappa shape index (κ2) is 5.16. The van der Waals surface area contributed by atoms with Crippen molar-refractivity contribution in [1.29, 1.82) is 0 Å². The molecule has 21 heavy (non-hydrogen) atoms. The number of hydrogen-bond acceptors (Lipinski definition) is 3. The second-order valence-electron chi connectivity index (χ2n) is 7.04. The van der Waals surface area contributed by atoms with Crippen LogP contribution in [0.3, 0.4) is 0 Å². The first-order chi connectivity index (χ1) is 9.83. The first kappa shape index (κ1) is 14.6. The minimum Gasteiger partial charge on any atom is -0.444 e. The first-order valence-corrected chi connectivity index (χ1v) is 7.82. The van der Waals surface area contributed by atoms with Crippen LogP contribution in [-0.2, 0) is 4.74 Å². The number of ether oxygens (including phenoxy) is 1. The molecule has 1 saturated heterocycles. The molecule has 0 unspecified atom stereocenters. The Labute approximate surface area is 130 Å². The molecule has 2 heterocycles. The average Bonchev–Trinajstić information content (AvgIpc) is 2.97. The maximum absolute atomic E-state index is 12.2. The molecule has 1 amide bonds. The lowest BCUT2D eigenvalue weighted by atomic mass is 9.88. The van der Waals surface area contributed by atoms with Gasteiger partial charge in [0.2, 0.25) is 0 Å². The minimum atomic E-state index is -0.432. The Balaban J connectivity index is 1.66. The highest BCUT2D eigenvalue weighted by molar-refractivity contribution is 6.29. The van der Waals surface area contributed by atoms with Gasteiger partial charge >= 0.3 is 6.09 Å². The SMILES string of the molecule is CC(C)(C)OC(=O)N1C[C@H]2C[C@H]1C[C@@H]2c1ccc(Cl)nc1. The molecule has 2 aliphatic rings. The van der Waals surface area contributed by atoms with Crippen molar-refractivity contribution in [2.24, 2.45) is 5.92 Å². The van der Waals surface area contributed by atoms with Crippen LogP contribution < -0.4 is 0 Å². The quantitative estimate of drug-likeness (QED) is 0.740. The number of amides is 1. The smallest absolute Gasteiger partial charge is 0.410 e. The van der Waals surface area contributed by atoms with Gasteiger partial charge in [-0.3, -0.25) is 0 Å². The Hall–Kier alpha value is -1.29. The third kappa shape index (κ3) is 3.00. The summed E-state index contributed by atoms with van der Waals surface area (Å²) in [4.78, 5) is 18.3. The third-order valence-electron chi connectivity index (χ3n) is 4.35. The van der Waals surface area contributed by atoms with E-state index in [-0.39, 0.29) is 6.09 Å². The number of aromatic nitrogens is 1. The number of carbonyl (C=O) groups is 1. The van der Waals surface area contributed by atoms with Crippen LogP contribution in [0.5, 0.6) is 0 Å². The molecule has 2 bridgehead atoms. The van der Waals surface area contributed by atoms with Gasteiger partial charge in [-0.2, -0.15) is 0 Å². The van der Waals surface area contributed by atoms with Gasteiger partial charge in [-0.25, -0.2) is 9.78 Å². The van der Waals surface area contributed by atoms with Crippen molar-refractivity contribution < 1.29 is 9.53 Å². The predicted molar refractivity (Wildman–Crippen MR) is 81.4 cm³/mol. The summed E-state index contributed by atoms with van der Waals surface area (Å²) in [5, 5.41) is 0.525. The maximum Gasteiger partial charge on any atom is 0.410 e. The molecule has 3 rings (SSSR count). The van der Waals surface area contributed by atoms with Crippen molar-refractivity contribution in [2.45, 2.75) is 51.2 Å². The highest BCUT2D eigenvalue weighted by atomic mass is 35.5. The van der Waals surface area contributed by atoms with Crippen molar-refractivity contribution >= 4 is 17.7 Å². The summed E-state index contributed by atoms with van der Waals surface area (Å²) < 4.78 is 5.49. The topological polar surface area (TPSA) is 42.4 Å². The molecular formula is C16H21ClN2O2. The number of pyridine rings is 1. The van der Waals surface area contributed by atoms with Gasteiger partial charge in [-0.05, 0) is 57.1 Å². The number of nitrogens with zero attached hydrogens (tertiary/aromatic N) is 2. The van der Waals surface area contributed by atoms with E-state index in [4.69, 9.17) is 16.3 Å². The molecule has 0 N–H and O–H groups in total. The number of carbonyl (C=O) groups excluding carboxylic acids is 1. The summed E-state index contributed by atoms with van der Waals surface area (Å²) in [7, 11) is 0. The average molecular weight is 309 g/mol. The molecule has 0 aromatic carbocycles. The number of fused-ring (bicyclic) bond motifs is 2. The Morgan fingerprint density at radius 2 is 2.14 bits per heavy atom. The van der Waals surface area contributed by atoms with Crippen LogP contribution in [0.25, 0.3) is 0 Å². The van der Waals surface area contributed by atoms with Crippen LogP contribution in [0, 0.1) is 5.92 Å². The van der Waals surface area contributed by atoms with E-state index in [9.17, 15) is 4.79 Å². The molecule has 0 spiro atoms. The summed E-state index contributed by atoms with van der Waals surface area (Å²) in [6.45, 7) is 6.50. The number of piperidine rings is 1. The molecule has 1 saturated carbocycles. The summed E-state index contributed by atoms with van der Waals surface area (Å²) in [5.41, 5.74) is 0.800. The van der Waals surface area contributed by atoms with Gasteiger partial charge in [-0.1, -0.05) is 17.7 Å². The zero-order valence-corrected chi connectivity index (χ0v) is 13.4. The van der Waals surface area contributed by atoms with Crippen LogP contribution >= 0.6 is 11.6 Å². The molecule has 3 atom stereocenters. The zero-order valence-electron chi connectivity index (χ0n) is 12.7. The monoisotopic (exact) mass is 308 g/mol. The van der Waals surface area contributed by atoms with Crippen LogP contribution in [0.1, 0.15) is 45.1 Å². The Morgan fingerprint density at radius 3 is 2.67 bits per heavy atom. The molecule has 4 nitrogen and oxygen atoms in total. The second-order valence-corrected chi connectivity index (χ2v) is 7.43. The van der Waals surface area contributed by atoms with Crippen LogP contribution in [0.2, 0.25) is 5.15 Å². The lowest BCUT2D eigenvalue weighted by Gasteiger charge is -2.33. The Kier molecular flexibility index (Phi) is 3.60. The number of likely N-dealkylation sites (tertiary alicyclic amines) is 1. The van der Waals surface area contributed by atoms with Crippen LogP contribution in [0.4, 0.5) is 4.79 Å². The molecular weight excluding hydrogens is 288 g/mol. The highest BCUT2D eigenvalue weighted by Crippen LogP contribution is 2.47. The normalized spacial score (nSPS) is 28.0. The first-order valence-electron chi connectivity index (χ1n) is 7.44. The van der Waals surface area contributed by atoms with Crippen molar-refractivity contribution in [3.8, 4) is 0 Å². The molecule has 1 aliphatic carbocycles. The van der Waals surface area contributed by atoms with Gasteiger partial charge in [0.1, 0.15) is 10.8 Å². The summed E-state index contributed by atoms with van der Waals surface area (Å²) >= 11 is 5.84. The van der Waals surface area contributed by atoms with Crippen molar-refractivity contribution in [2.75, 3.05) is 6.54 Å². The van der Waals surface area contributed by atoms with Gasteiger partial charge in [0, 0.05) is 18.8 Å². The standard InChI is InChI=1S/C16H21ClN2O2/c1-16(2,3)21-15(20)19-9-11-6-12(19)7-13(11)10-4-5-14(17)18-8-10/h4-5,8,11-13H,6-7,9H2,1-3H3/t11-,12+,13-/m1/s1. The van der Waals surface area contributed by atoms with Gasteiger partial charge in [0.25, 0.3) is 0 Å². The van der Waals surface area contributed by atoms with Crippen molar-refractivity contribution in [1.82, 2.24) is 9.88 Å². The van der Waals surface area contributed by atoms with E-state index in [1.807, 2.05) is 37.9 Å². The lowest BCUT2D eigenvalue weighted by molar-refractivity contribution is 0.0181. The fourth-order valence-corrected chi connectivity index (χ4v) is 3.62. The van der Waals surface area contributed by atoms with E-state index in [0.29, 0.717) is 23.0 Å². The molecule has 0 radical (unpaired) electrons.